The van der Waals surface area contributed by atoms with Crippen molar-refractivity contribution in [3.8, 4) is 11.5 Å². The molecule has 0 heterocycles. The molecule has 0 aliphatic heterocycles. The van der Waals surface area contributed by atoms with Gasteiger partial charge in [0.2, 0.25) is 0 Å². The number of carboxylic acids is 1. The van der Waals surface area contributed by atoms with Crippen molar-refractivity contribution in [2.24, 2.45) is 0 Å². The van der Waals surface area contributed by atoms with E-state index in [2.05, 4.69) is 0 Å². The molecule has 0 radical (unpaired) electrons. The zero-order chi connectivity index (χ0) is 26.2. The molecule has 1 atom stereocenters. The third kappa shape index (κ3) is 6.32. The number of hydrogen-bond donors (Lipinski definition) is 1. The highest BCUT2D eigenvalue weighted by molar-refractivity contribution is 6.00. The Hall–Kier alpha value is -4.65. The molecule has 4 aromatic rings. The topological polar surface area (TPSA) is 82.1 Å². The molecule has 1 N–H and O–H groups in total. The van der Waals surface area contributed by atoms with E-state index in [4.69, 9.17) is 14.2 Å². The minimum absolute atomic E-state index is 0.170. The maximum absolute atomic E-state index is 15.1. The lowest BCUT2D eigenvalue weighted by atomic mass is 9.97. The number of aliphatic carboxylic acids is 1. The molecule has 0 spiro atoms. The molecule has 0 saturated heterocycles. The van der Waals surface area contributed by atoms with Gasteiger partial charge in [0.25, 0.3) is 0 Å². The summed E-state index contributed by atoms with van der Waals surface area (Å²) >= 11 is 0. The van der Waals surface area contributed by atoms with Crippen LogP contribution in [-0.4, -0.2) is 24.2 Å². The Labute approximate surface area is 213 Å². The van der Waals surface area contributed by atoms with Crippen molar-refractivity contribution in [1.82, 2.24) is 0 Å². The molecule has 7 heteroatoms. The predicted molar refractivity (Wildman–Crippen MR) is 135 cm³/mol. The van der Waals surface area contributed by atoms with Gasteiger partial charge in [-0.05, 0) is 34.9 Å². The molecule has 37 heavy (non-hydrogen) atoms. The molecule has 6 nitrogen and oxygen atoms in total. The molecule has 0 fully saturated rings. The van der Waals surface area contributed by atoms with Crippen LogP contribution in [0.4, 0.5) is 4.39 Å². The molecule has 0 aliphatic carbocycles. The van der Waals surface area contributed by atoms with Gasteiger partial charge in [-0.2, -0.15) is 0 Å². The van der Waals surface area contributed by atoms with Crippen molar-refractivity contribution in [2.75, 3.05) is 7.11 Å². The summed E-state index contributed by atoms with van der Waals surface area (Å²) in [6.07, 6.45) is -0.855. The highest BCUT2D eigenvalue weighted by Gasteiger charge is 2.35. The second kappa shape index (κ2) is 11.9. The SMILES string of the molecule is COc1ccc(COc2ccc(C(C(=O)O)C(=O)OC(c3ccccc3)c3ccccc3)c(F)c2)cc1. The number of rotatable bonds is 10. The van der Waals surface area contributed by atoms with Gasteiger partial charge in [-0.1, -0.05) is 78.9 Å². The van der Waals surface area contributed by atoms with Gasteiger partial charge in [-0.25, -0.2) is 4.39 Å². The minimum Gasteiger partial charge on any atom is -0.497 e. The predicted octanol–water partition coefficient (Wildman–Crippen LogP) is 5.91. The van der Waals surface area contributed by atoms with Crippen LogP contribution in [0.3, 0.4) is 0 Å². The summed E-state index contributed by atoms with van der Waals surface area (Å²) in [4.78, 5) is 25.2. The van der Waals surface area contributed by atoms with E-state index in [0.29, 0.717) is 16.9 Å². The molecule has 0 aromatic heterocycles. The second-order valence-electron chi connectivity index (χ2n) is 8.23. The molecule has 0 bridgehead atoms. The minimum atomic E-state index is -1.86. The fourth-order valence-electron chi connectivity index (χ4n) is 3.85. The number of carbonyl (C=O) groups excluding carboxylic acids is 1. The van der Waals surface area contributed by atoms with E-state index in [1.807, 2.05) is 24.3 Å². The Morgan fingerprint density at radius 3 is 1.89 bits per heavy atom. The molecule has 4 aromatic carbocycles. The van der Waals surface area contributed by atoms with Gasteiger partial charge in [0, 0.05) is 11.6 Å². The van der Waals surface area contributed by atoms with E-state index in [1.54, 1.807) is 67.8 Å². The summed E-state index contributed by atoms with van der Waals surface area (Å²) in [5.41, 5.74) is 1.85. The average Bonchev–Trinajstić information content (AvgIpc) is 2.93. The fourth-order valence-corrected chi connectivity index (χ4v) is 3.85. The van der Waals surface area contributed by atoms with E-state index in [0.717, 1.165) is 11.6 Å². The molecule has 1 unspecified atom stereocenters. The van der Waals surface area contributed by atoms with E-state index >= 15 is 4.39 Å². The van der Waals surface area contributed by atoms with Gasteiger partial charge < -0.3 is 19.3 Å². The van der Waals surface area contributed by atoms with Crippen molar-refractivity contribution in [2.45, 2.75) is 18.6 Å². The zero-order valence-corrected chi connectivity index (χ0v) is 20.0. The van der Waals surface area contributed by atoms with Crippen LogP contribution < -0.4 is 9.47 Å². The maximum Gasteiger partial charge on any atom is 0.325 e. The summed E-state index contributed by atoms with van der Waals surface area (Å²) in [6.45, 7) is 0.170. The maximum atomic E-state index is 15.1. The third-order valence-electron chi connectivity index (χ3n) is 5.77. The third-order valence-corrected chi connectivity index (χ3v) is 5.77. The van der Waals surface area contributed by atoms with Crippen molar-refractivity contribution in [3.05, 3.63) is 131 Å². The van der Waals surface area contributed by atoms with Crippen molar-refractivity contribution < 1.29 is 33.3 Å². The van der Waals surface area contributed by atoms with Crippen molar-refractivity contribution in [1.29, 1.82) is 0 Å². The Morgan fingerprint density at radius 1 is 0.811 bits per heavy atom. The van der Waals surface area contributed by atoms with E-state index in [9.17, 15) is 14.7 Å². The average molecular weight is 501 g/mol. The monoisotopic (exact) mass is 500 g/mol. The number of esters is 1. The van der Waals surface area contributed by atoms with E-state index < -0.39 is 29.8 Å². The first-order valence-electron chi connectivity index (χ1n) is 11.5. The Balaban J connectivity index is 1.53. The summed E-state index contributed by atoms with van der Waals surface area (Å²) in [7, 11) is 1.57. The van der Waals surface area contributed by atoms with Crippen LogP contribution in [0.15, 0.2) is 103 Å². The number of benzene rings is 4. The van der Waals surface area contributed by atoms with E-state index in [1.165, 1.54) is 12.1 Å². The highest BCUT2D eigenvalue weighted by Crippen LogP contribution is 2.31. The number of ether oxygens (including phenoxy) is 3. The molecular formula is C30H25FO6. The highest BCUT2D eigenvalue weighted by atomic mass is 19.1. The van der Waals surface area contributed by atoms with Gasteiger partial charge in [0.05, 0.1) is 7.11 Å². The zero-order valence-electron chi connectivity index (χ0n) is 20.0. The lowest BCUT2D eigenvalue weighted by Gasteiger charge is -2.21. The number of hydrogen-bond acceptors (Lipinski definition) is 5. The first-order valence-corrected chi connectivity index (χ1v) is 11.5. The number of carboxylic acid groups (broad SMARTS) is 1. The Kier molecular flexibility index (Phi) is 8.15. The lowest BCUT2D eigenvalue weighted by molar-refractivity contribution is -0.157. The van der Waals surface area contributed by atoms with Crippen LogP contribution in [0.5, 0.6) is 11.5 Å². The largest absolute Gasteiger partial charge is 0.497 e. The summed E-state index contributed by atoms with van der Waals surface area (Å²) in [5, 5.41) is 9.83. The molecular weight excluding hydrogens is 475 g/mol. The molecule has 0 aliphatic rings. The molecule has 0 saturated carbocycles. The fraction of sp³-hybridized carbons (Fsp3) is 0.133. The van der Waals surface area contributed by atoms with Gasteiger partial charge in [0.15, 0.2) is 12.0 Å². The van der Waals surface area contributed by atoms with Gasteiger partial charge in [-0.3, -0.25) is 9.59 Å². The molecule has 188 valence electrons. The van der Waals surface area contributed by atoms with Gasteiger partial charge in [-0.15, -0.1) is 0 Å². The Morgan fingerprint density at radius 2 is 1.38 bits per heavy atom. The number of methoxy groups -OCH3 is 1. The first kappa shape index (κ1) is 25.4. The van der Waals surface area contributed by atoms with Crippen molar-refractivity contribution >= 4 is 11.9 Å². The van der Waals surface area contributed by atoms with Crippen LogP contribution in [0, 0.1) is 5.82 Å². The second-order valence-corrected chi connectivity index (χ2v) is 8.23. The summed E-state index contributed by atoms with van der Waals surface area (Å²) in [6, 6.07) is 28.8. The van der Waals surface area contributed by atoms with E-state index in [-0.39, 0.29) is 17.9 Å². The van der Waals surface area contributed by atoms with Crippen LogP contribution >= 0.6 is 0 Å². The summed E-state index contributed by atoms with van der Waals surface area (Å²) in [5.74, 6) is -4.43. The smallest absolute Gasteiger partial charge is 0.325 e. The molecule has 0 amide bonds. The number of carbonyl (C=O) groups is 2. The summed E-state index contributed by atoms with van der Waals surface area (Å²) < 4.78 is 31.5. The van der Waals surface area contributed by atoms with Crippen LogP contribution in [-0.2, 0) is 20.9 Å². The van der Waals surface area contributed by atoms with Gasteiger partial charge >= 0.3 is 11.9 Å². The lowest BCUT2D eigenvalue weighted by Crippen LogP contribution is -2.26. The normalized spacial score (nSPS) is 11.5. The number of halogens is 1. The first-order chi connectivity index (χ1) is 18.0. The van der Waals surface area contributed by atoms with Gasteiger partial charge in [0.1, 0.15) is 23.9 Å². The van der Waals surface area contributed by atoms with Crippen LogP contribution in [0.25, 0.3) is 0 Å². The van der Waals surface area contributed by atoms with Crippen LogP contribution in [0.1, 0.15) is 34.3 Å². The Bertz CT molecular complexity index is 1300. The quantitative estimate of drug-likeness (QED) is 0.215. The molecule has 4 rings (SSSR count). The van der Waals surface area contributed by atoms with Crippen molar-refractivity contribution in [3.63, 3.8) is 0 Å². The van der Waals surface area contributed by atoms with Crippen LogP contribution in [0.2, 0.25) is 0 Å². The standard InChI is InChI=1S/C30H25FO6/c1-35-23-14-12-20(13-15-23)19-36-24-16-17-25(26(31)18-24)27(29(32)33)30(34)37-28(21-8-4-2-5-9-21)22-10-6-3-7-11-22/h2-18,27-28H,19H2,1H3,(H,32,33).